The van der Waals surface area contributed by atoms with Crippen molar-refractivity contribution in [3.8, 4) is 11.1 Å². The highest BCUT2D eigenvalue weighted by molar-refractivity contribution is 6.36. The molecule has 5 heteroatoms. The molecule has 1 N–H and O–H groups in total. The van der Waals surface area contributed by atoms with Gasteiger partial charge in [0, 0.05) is 22.3 Å². The van der Waals surface area contributed by atoms with Gasteiger partial charge in [-0.15, -0.1) is 0 Å². The second-order valence-electron chi connectivity index (χ2n) is 3.46. The van der Waals surface area contributed by atoms with Gasteiger partial charge in [0.1, 0.15) is 0 Å². The van der Waals surface area contributed by atoms with E-state index in [1.54, 1.807) is 12.1 Å². The summed E-state index contributed by atoms with van der Waals surface area (Å²) in [7, 11) is 0. The third kappa shape index (κ3) is 2.57. The Hall–Kier alpha value is -1.16. The first-order chi connectivity index (χ1) is 8.11. The zero-order valence-corrected chi connectivity index (χ0v) is 10.1. The molecular formula is C12H8Cl2FNO. The molecule has 0 bridgehead atoms. The predicted molar refractivity (Wildman–Crippen MR) is 65.6 cm³/mol. The highest BCUT2D eigenvalue weighted by Gasteiger charge is 2.11. The molecular weight excluding hydrogens is 264 g/mol. The molecule has 0 spiro atoms. The fraction of sp³-hybridized carbons (Fsp3) is 0.0833. The Labute approximate surface area is 108 Å². The number of pyridine rings is 1. The van der Waals surface area contributed by atoms with Gasteiger partial charge in [-0.25, -0.2) is 4.98 Å². The number of hydrogen-bond acceptors (Lipinski definition) is 2. The lowest BCUT2D eigenvalue weighted by Crippen LogP contribution is -1.93. The lowest BCUT2D eigenvalue weighted by Gasteiger charge is -2.07. The Morgan fingerprint density at radius 1 is 1.18 bits per heavy atom. The minimum absolute atomic E-state index is 0.203. The molecule has 0 unspecified atom stereocenters. The van der Waals surface area contributed by atoms with Gasteiger partial charge in [-0.3, -0.25) is 0 Å². The molecule has 0 atom stereocenters. The second-order valence-corrected chi connectivity index (χ2v) is 4.31. The Balaban J connectivity index is 2.59. The van der Waals surface area contributed by atoms with Gasteiger partial charge in [0.05, 0.1) is 11.6 Å². The number of benzene rings is 1. The zero-order chi connectivity index (χ0) is 12.4. The van der Waals surface area contributed by atoms with Gasteiger partial charge >= 0.3 is 0 Å². The maximum absolute atomic E-state index is 13.6. The third-order valence-corrected chi connectivity index (χ3v) is 2.85. The van der Waals surface area contributed by atoms with Gasteiger partial charge in [0.2, 0.25) is 5.95 Å². The largest absolute Gasteiger partial charge is 0.392 e. The molecule has 2 nitrogen and oxygen atoms in total. The van der Waals surface area contributed by atoms with E-state index < -0.39 is 5.95 Å². The van der Waals surface area contributed by atoms with Gasteiger partial charge in [-0.1, -0.05) is 29.3 Å². The van der Waals surface area contributed by atoms with Crippen molar-refractivity contribution in [2.24, 2.45) is 0 Å². The minimum Gasteiger partial charge on any atom is -0.392 e. The fourth-order valence-electron chi connectivity index (χ4n) is 1.47. The van der Waals surface area contributed by atoms with Crippen LogP contribution in [0.1, 0.15) is 5.56 Å². The van der Waals surface area contributed by atoms with Crippen LogP contribution in [0.4, 0.5) is 4.39 Å². The van der Waals surface area contributed by atoms with E-state index in [9.17, 15) is 4.39 Å². The number of hydrogen-bond donors (Lipinski definition) is 1. The first kappa shape index (κ1) is 12.3. The predicted octanol–water partition coefficient (Wildman–Crippen LogP) is 3.69. The quantitative estimate of drug-likeness (QED) is 0.846. The lowest BCUT2D eigenvalue weighted by atomic mass is 10.1. The Bertz CT molecular complexity index is 560. The average molecular weight is 272 g/mol. The van der Waals surface area contributed by atoms with Crippen LogP contribution in [-0.2, 0) is 6.61 Å². The number of aliphatic hydroxyl groups is 1. The number of halogens is 3. The van der Waals surface area contributed by atoms with Crippen LogP contribution in [-0.4, -0.2) is 10.1 Å². The zero-order valence-electron chi connectivity index (χ0n) is 8.62. The molecule has 0 saturated heterocycles. The Morgan fingerprint density at radius 2 is 1.94 bits per heavy atom. The van der Waals surface area contributed by atoms with Crippen LogP contribution in [0.5, 0.6) is 0 Å². The van der Waals surface area contributed by atoms with Crippen LogP contribution in [0, 0.1) is 5.95 Å². The van der Waals surface area contributed by atoms with E-state index in [2.05, 4.69) is 4.98 Å². The lowest BCUT2D eigenvalue weighted by molar-refractivity contribution is 0.281. The topological polar surface area (TPSA) is 33.1 Å². The molecule has 1 aromatic heterocycles. The number of aliphatic hydroxyl groups excluding tert-OH is 1. The van der Waals surface area contributed by atoms with Gasteiger partial charge in [0.15, 0.2) is 0 Å². The van der Waals surface area contributed by atoms with Crippen molar-refractivity contribution >= 4 is 23.2 Å². The summed E-state index contributed by atoms with van der Waals surface area (Å²) in [5, 5.41) is 9.81. The molecule has 1 heterocycles. The maximum Gasteiger partial charge on any atom is 0.220 e. The molecule has 2 rings (SSSR count). The number of rotatable bonds is 2. The van der Waals surface area contributed by atoms with E-state index in [1.165, 1.54) is 18.3 Å². The fourth-order valence-corrected chi connectivity index (χ4v) is 1.98. The smallest absolute Gasteiger partial charge is 0.220 e. The van der Waals surface area contributed by atoms with E-state index >= 15 is 0 Å². The normalized spacial score (nSPS) is 10.6. The van der Waals surface area contributed by atoms with Crippen molar-refractivity contribution in [3.63, 3.8) is 0 Å². The van der Waals surface area contributed by atoms with Crippen LogP contribution in [0.15, 0.2) is 30.5 Å². The highest BCUT2D eigenvalue weighted by Crippen LogP contribution is 2.31. The van der Waals surface area contributed by atoms with Crippen LogP contribution in [0.25, 0.3) is 11.1 Å². The molecule has 1 aromatic carbocycles. The Morgan fingerprint density at radius 3 is 2.59 bits per heavy atom. The highest BCUT2D eigenvalue weighted by atomic mass is 35.5. The van der Waals surface area contributed by atoms with E-state index in [-0.39, 0.29) is 12.2 Å². The van der Waals surface area contributed by atoms with Crippen molar-refractivity contribution in [1.29, 1.82) is 0 Å². The molecule has 0 saturated carbocycles. The van der Waals surface area contributed by atoms with Gasteiger partial charge in [0.25, 0.3) is 0 Å². The van der Waals surface area contributed by atoms with Crippen LogP contribution in [0.3, 0.4) is 0 Å². The number of nitrogens with zero attached hydrogens (tertiary/aromatic N) is 1. The number of aromatic nitrogens is 1. The van der Waals surface area contributed by atoms with E-state index in [0.717, 1.165) is 0 Å². The summed E-state index contributed by atoms with van der Waals surface area (Å²) >= 11 is 11.8. The first-order valence-electron chi connectivity index (χ1n) is 4.82. The molecule has 0 aliphatic heterocycles. The summed E-state index contributed by atoms with van der Waals surface area (Å²) in [5.41, 5.74) is 1.27. The molecule has 17 heavy (non-hydrogen) atoms. The van der Waals surface area contributed by atoms with Crippen molar-refractivity contribution in [1.82, 2.24) is 4.98 Å². The maximum atomic E-state index is 13.6. The molecule has 0 aliphatic rings. The van der Waals surface area contributed by atoms with E-state index in [0.29, 0.717) is 21.2 Å². The average Bonchev–Trinajstić information content (AvgIpc) is 2.30. The van der Waals surface area contributed by atoms with Crippen molar-refractivity contribution in [2.45, 2.75) is 6.61 Å². The Kier molecular flexibility index (Phi) is 3.62. The molecule has 0 radical (unpaired) electrons. The summed E-state index contributed by atoms with van der Waals surface area (Å²) < 4.78 is 13.6. The standard InChI is InChI=1S/C12H8Cl2FNO/c13-8-1-2-9(11(14)4-8)10-3-7(6-17)5-16-12(10)15/h1-5,17H,6H2. The van der Waals surface area contributed by atoms with Crippen molar-refractivity contribution in [3.05, 3.63) is 52.0 Å². The van der Waals surface area contributed by atoms with Crippen molar-refractivity contribution < 1.29 is 9.50 Å². The molecule has 0 aliphatic carbocycles. The monoisotopic (exact) mass is 271 g/mol. The van der Waals surface area contributed by atoms with Gasteiger partial charge in [-0.2, -0.15) is 4.39 Å². The molecule has 0 amide bonds. The van der Waals surface area contributed by atoms with E-state index in [1.807, 2.05) is 0 Å². The van der Waals surface area contributed by atoms with Gasteiger partial charge in [-0.05, 0) is 23.8 Å². The SMILES string of the molecule is OCc1cnc(F)c(-c2ccc(Cl)cc2Cl)c1. The summed E-state index contributed by atoms with van der Waals surface area (Å²) in [6.45, 7) is -0.203. The molecule has 2 aromatic rings. The van der Waals surface area contributed by atoms with Crippen LogP contribution in [0.2, 0.25) is 10.0 Å². The molecule has 0 fully saturated rings. The molecule has 88 valence electrons. The second kappa shape index (κ2) is 5.00. The minimum atomic E-state index is -0.633. The third-order valence-electron chi connectivity index (χ3n) is 2.30. The van der Waals surface area contributed by atoms with Crippen molar-refractivity contribution in [2.75, 3.05) is 0 Å². The summed E-state index contributed by atoms with van der Waals surface area (Å²) in [6, 6.07) is 6.28. The summed E-state index contributed by atoms with van der Waals surface area (Å²) in [6.07, 6.45) is 1.28. The van der Waals surface area contributed by atoms with Crippen LogP contribution < -0.4 is 0 Å². The van der Waals surface area contributed by atoms with E-state index in [4.69, 9.17) is 28.3 Å². The summed E-state index contributed by atoms with van der Waals surface area (Å²) in [4.78, 5) is 3.57. The first-order valence-corrected chi connectivity index (χ1v) is 5.58. The summed E-state index contributed by atoms with van der Waals surface area (Å²) in [5.74, 6) is -0.633. The van der Waals surface area contributed by atoms with Gasteiger partial charge < -0.3 is 5.11 Å². The van der Waals surface area contributed by atoms with Crippen LogP contribution >= 0.6 is 23.2 Å².